The fourth-order valence-electron chi connectivity index (χ4n) is 1.71. The van der Waals surface area contributed by atoms with Crippen LogP contribution in [0.2, 0.25) is 0 Å². The van der Waals surface area contributed by atoms with E-state index in [4.69, 9.17) is 10.3 Å². The monoisotopic (exact) mass is 259 g/mol. The number of nitrogens with zero attached hydrogens (tertiary/aromatic N) is 3. The second-order valence-electron chi connectivity index (χ2n) is 3.94. The van der Waals surface area contributed by atoms with Crippen molar-refractivity contribution in [2.75, 3.05) is 0 Å². The molecular weight excluding hydrogens is 246 g/mol. The van der Waals surface area contributed by atoms with Crippen LogP contribution in [0.1, 0.15) is 18.4 Å². The molecule has 6 nitrogen and oxygen atoms in total. The number of carboxylic acid groups (broad SMARTS) is 1. The summed E-state index contributed by atoms with van der Waals surface area (Å²) in [6.45, 7) is 0. The van der Waals surface area contributed by atoms with Crippen LogP contribution in [0.25, 0.3) is 5.69 Å². The Morgan fingerprint density at radius 1 is 1.26 bits per heavy atom. The SMILES string of the molecule is O=C(O)CCC(=NO)c1ccc(-n2cccn2)cc1. The van der Waals surface area contributed by atoms with E-state index < -0.39 is 5.97 Å². The van der Waals surface area contributed by atoms with E-state index in [-0.39, 0.29) is 12.8 Å². The summed E-state index contributed by atoms with van der Waals surface area (Å²) in [5.41, 5.74) is 1.93. The van der Waals surface area contributed by atoms with Crippen molar-refractivity contribution in [3.05, 3.63) is 48.3 Å². The highest BCUT2D eigenvalue weighted by Gasteiger charge is 2.07. The van der Waals surface area contributed by atoms with Crippen LogP contribution in [-0.2, 0) is 4.79 Å². The molecule has 0 radical (unpaired) electrons. The Morgan fingerprint density at radius 3 is 2.53 bits per heavy atom. The Bertz CT molecular complexity index is 574. The van der Waals surface area contributed by atoms with Crippen molar-refractivity contribution >= 4 is 11.7 Å². The fraction of sp³-hybridized carbons (Fsp3) is 0.154. The molecule has 2 rings (SSSR count). The maximum atomic E-state index is 10.5. The van der Waals surface area contributed by atoms with Gasteiger partial charge < -0.3 is 10.3 Å². The normalized spacial score (nSPS) is 11.5. The zero-order chi connectivity index (χ0) is 13.7. The minimum Gasteiger partial charge on any atom is -0.481 e. The van der Waals surface area contributed by atoms with Crippen molar-refractivity contribution in [2.45, 2.75) is 12.8 Å². The third-order valence-electron chi connectivity index (χ3n) is 2.67. The van der Waals surface area contributed by atoms with E-state index >= 15 is 0 Å². The van der Waals surface area contributed by atoms with Crippen LogP contribution in [0.5, 0.6) is 0 Å². The van der Waals surface area contributed by atoms with Gasteiger partial charge in [0, 0.05) is 18.8 Å². The second-order valence-corrected chi connectivity index (χ2v) is 3.94. The zero-order valence-electron chi connectivity index (χ0n) is 10.1. The molecule has 0 saturated heterocycles. The standard InChI is InChI=1S/C13H13N3O3/c17-13(18)7-6-12(15-19)10-2-4-11(5-3-10)16-9-1-8-14-16/h1-5,8-9,19H,6-7H2,(H,17,18). The lowest BCUT2D eigenvalue weighted by atomic mass is 10.1. The van der Waals surface area contributed by atoms with Gasteiger partial charge in [-0.15, -0.1) is 0 Å². The van der Waals surface area contributed by atoms with Crippen LogP contribution < -0.4 is 0 Å². The first-order valence-electron chi connectivity index (χ1n) is 5.74. The van der Waals surface area contributed by atoms with Crippen molar-refractivity contribution < 1.29 is 15.1 Å². The number of oxime groups is 1. The Labute approximate surface area is 109 Å². The summed E-state index contributed by atoms with van der Waals surface area (Å²) in [6.07, 6.45) is 3.62. The Hall–Kier alpha value is -2.63. The Balaban J connectivity index is 2.15. The molecule has 0 spiro atoms. The molecule has 1 heterocycles. The third-order valence-corrected chi connectivity index (χ3v) is 2.67. The van der Waals surface area contributed by atoms with Crippen molar-refractivity contribution in [1.82, 2.24) is 9.78 Å². The largest absolute Gasteiger partial charge is 0.481 e. The smallest absolute Gasteiger partial charge is 0.303 e. The number of carboxylic acids is 1. The van der Waals surface area contributed by atoms with E-state index in [0.717, 1.165) is 5.69 Å². The Morgan fingerprint density at radius 2 is 2.00 bits per heavy atom. The predicted molar refractivity (Wildman–Crippen MR) is 68.8 cm³/mol. The van der Waals surface area contributed by atoms with Crippen molar-refractivity contribution in [3.63, 3.8) is 0 Å². The lowest BCUT2D eigenvalue weighted by Crippen LogP contribution is -2.05. The van der Waals surface area contributed by atoms with Gasteiger partial charge in [0.25, 0.3) is 0 Å². The topological polar surface area (TPSA) is 87.7 Å². The van der Waals surface area contributed by atoms with Crippen LogP contribution in [-0.4, -0.2) is 31.8 Å². The molecule has 98 valence electrons. The molecule has 0 aliphatic rings. The van der Waals surface area contributed by atoms with Gasteiger partial charge >= 0.3 is 5.97 Å². The zero-order valence-corrected chi connectivity index (χ0v) is 10.1. The summed E-state index contributed by atoms with van der Waals surface area (Å²) in [7, 11) is 0. The molecule has 0 saturated carbocycles. The number of aliphatic carboxylic acids is 1. The highest BCUT2D eigenvalue weighted by molar-refractivity contribution is 6.01. The molecule has 19 heavy (non-hydrogen) atoms. The first-order chi connectivity index (χ1) is 9.20. The molecule has 2 aromatic rings. The van der Waals surface area contributed by atoms with Gasteiger partial charge in [0.1, 0.15) is 0 Å². The number of hydrogen-bond acceptors (Lipinski definition) is 4. The minimum atomic E-state index is -0.922. The number of carbonyl (C=O) groups is 1. The summed E-state index contributed by atoms with van der Waals surface area (Å²) in [5.74, 6) is -0.922. The fourth-order valence-corrected chi connectivity index (χ4v) is 1.71. The molecule has 0 atom stereocenters. The summed E-state index contributed by atoms with van der Waals surface area (Å²) in [4.78, 5) is 10.5. The van der Waals surface area contributed by atoms with Gasteiger partial charge in [0.15, 0.2) is 0 Å². The summed E-state index contributed by atoms with van der Waals surface area (Å²) in [6, 6.07) is 9.02. The third kappa shape index (κ3) is 3.19. The summed E-state index contributed by atoms with van der Waals surface area (Å²) < 4.78 is 1.71. The van der Waals surface area contributed by atoms with E-state index in [1.165, 1.54) is 0 Å². The lowest BCUT2D eigenvalue weighted by molar-refractivity contribution is -0.136. The number of hydrogen-bond donors (Lipinski definition) is 2. The minimum absolute atomic E-state index is 0.0691. The molecule has 2 N–H and O–H groups in total. The predicted octanol–water partition coefficient (Wildman–Crippen LogP) is 1.92. The van der Waals surface area contributed by atoms with Crippen molar-refractivity contribution in [3.8, 4) is 5.69 Å². The van der Waals surface area contributed by atoms with E-state index in [1.54, 1.807) is 23.0 Å². The highest BCUT2D eigenvalue weighted by atomic mass is 16.4. The van der Waals surface area contributed by atoms with Crippen LogP contribution >= 0.6 is 0 Å². The van der Waals surface area contributed by atoms with Gasteiger partial charge in [0.05, 0.1) is 17.8 Å². The number of benzene rings is 1. The van der Waals surface area contributed by atoms with E-state index in [9.17, 15) is 4.79 Å². The van der Waals surface area contributed by atoms with Gasteiger partial charge in [-0.3, -0.25) is 4.79 Å². The van der Waals surface area contributed by atoms with Crippen LogP contribution in [0.4, 0.5) is 0 Å². The average Bonchev–Trinajstić information content (AvgIpc) is 2.94. The molecular formula is C13H13N3O3. The molecule has 1 aromatic heterocycles. The molecule has 6 heteroatoms. The molecule has 0 fully saturated rings. The molecule has 0 unspecified atom stereocenters. The van der Waals surface area contributed by atoms with Gasteiger partial charge in [-0.1, -0.05) is 17.3 Å². The average molecular weight is 259 g/mol. The summed E-state index contributed by atoms with van der Waals surface area (Å²) in [5, 5.41) is 24.8. The molecule has 0 amide bonds. The second kappa shape index (κ2) is 5.81. The molecule has 1 aromatic carbocycles. The quantitative estimate of drug-likeness (QED) is 0.488. The first-order valence-corrected chi connectivity index (χ1v) is 5.74. The van der Waals surface area contributed by atoms with Crippen LogP contribution in [0.15, 0.2) is 47.9 Å². The van der Waals surface area contributed by atoms with Gasteiger partial charge in [0.2, 0.25) is 0 Å². The van der Waals surface area contributed by atoms with E-state index in [1.807, 2.05) is 24.4 Å². The molecule has 0 aliphatic heterocycles. The number of aromatic nitrogens is 2. The van der Waals surface area contributed by atoms with Crippen LogP contribution in [0.3, 0.4) is 0 Å². The van der Waals surface area contributed by atoms with E-state index in [0.29, 0.717) is 11.3 Å². The maximum Gasteiger partial charge on any atom is 0.303 e. The summed E-state index contributed by atoms with van der Waals surface area (Å²) >= 11 is 0. The van der Waals surface area contributed by atoms with Gasteiger partial charge in [-0.25, -0.2) is 4.68 Å². The number of rotatable bonds is 5. The Kier molecular flexibility index (Phi) is 3.92. The van der Waals surface area contributed by atoms with Gasteiger partial charge in [-0.05, 0) is 23.8 Å². The van der Waals surface area contributed by atoms with Gasteiger partial charge in [-0.2, -0.15) is 5.10 Å². The molecule has 0 bridgehead atoms. The van der Waals surface area contributed by atoms with Crippen molar-refractivity contribution in [2.24, 2.45) is 5.16 Å². The van der Waals surface area contributed by atoms with Crippen molar-refractivity contribution in [1.29, 1.82) is 0 Å². The lowest BCUT2D eigenvalue weighted by Gasteiger charge is -2.05. The first kappa shape index (κ1) is 12.8. The van der Waals surface area contributed by atoms with Crippen LogP contribution in [0, 0.1) is 0 Å². The van der Waals surface area contributed by atoms with E-state index in [2.05, 4.69) is 10.3 Å². The molecule has 0 aliphatic carbocycles. The maximum absolute atomic E-state index is 10.5. The highest BCUT2D eigenvalue weighted by Crippen LogP contribution is 2.12.